The second-order valence-electron chi connectivity index (χ2n) is 8.20. The van der Waals surface area contributed by atoms with E-state index in [1.165, 1.54) is 23.6 Å². The minimum atomic E-state index is -1.16. The first-order valence-corrected chi connectivity index (χ1v) is 12.3. The summed E-state index contributed by atoms with van der Waals surface area (Å²) < 4.78 is 0. The molecule has 1 aromatic rings. The molecule has 0 nitrogen and oxygen atoms in total. The van der Waals surface area contributed by atoms with E-state index in [1.807, 2.05) is 5.20 Å². The molecule has 0 fully saturated rings. The first-order chi connectivity index (χ1) is 11.8. The van der Waals surface area contributed by atoms with Crippen molar-refractivity contribution in [1.82, 2.24) is 0 Å². The van der Waals surface area contributed by atoms with Gasteiger partial charge >= 0.3 is 0 Å². The van der Waals surface area contributed by atoms with Crippen molar-refractivity contribution in [3.05, 3.63) is 51.2 Å². The van der Waals surface area contributed by atoms with Gasteiger partial charge in [-0.1, -0.05) is 80.8 Å². The largest absolute Gasteiger partial charge is 0.0990 e. The average Bonchev–Trinajstić information content (AvgIpc) is 2.82. The van der Waals surface area contributed by atoms with Gasteiger partial charge in [0.2, 0.25) is 0 Å². The van der Waals surface area contributed by atoms with E-state index < -0.39 is 8.80 Å². The molecule has 0 spiro atoms. The molecule has 3 atom stereocenters. The highest BCUT2D eigenvalue weighted by Crippen LogP contribution is 2.39. The number of rotatable bonds is 7. The third kappa shape index (κ3) is 4.19. The van der Waals surface area contributed by atoms with Crippen molar-refractivity contribution in [2.24, 2.45) is 11.8 Å². The lowest BCUT2D eigenvalue weighted by Gasteiger charge is -2.27. The van der Waals surface area contributed by atoms with E-state index in [0.717, 1.165) is 18.8 Å². The highest BCUT2D eigenvalue weighted by molar-refractivity contribution is 6.80. The third-order valence-corrected chi connectivity index (χ3v) is 10.8. The first-order valence-electron chi connectivity index (χ1n) is 10.3. The number of hydrogen-bond donors (Lipinski definition) is 0. The van der Waals surface area contributed by atoms with Gasteiger partial charge in [0, 0.05) is 0 Å². The number of hydrogen-bond acceptors (Lipinski definition) is 0. The predicted octanol–water partition coefficient (Wildman–Crippen LogP) is 6.13. The SMILES string of the molecule is CCc1cc(CC)cc([SiH](CC(C)CC)C2=C(C)C(C)=C(C)C2C)c1. The molecule has 0 radical (unpaired) electrons. The molecule has 1 aliphatic rings. The quantitative estimate of drug-likeness (QED) is 0.516. The zero-order chi connectivity index (χ0) is 18.7. The molecule has 25 heavy (non-hydrogen) atoms. The van der Waals surface area contributed by atoms with Gasteiger partial charge in [-0.05, 0) is 68.2 Å². The zero-order valence-electron chi connectivity index (χ0n) is 17.8. The summed E-state index contributed by atoms with van der Waals surface area (Å²) in [6.45, 7) is 18.9. The van der Waals surface area contributed by atoms with E-state index in [2.05, 4.69) is 73.6 Å². The van der Waals surface area contributed by atoms with E-state index in [-0.39, 0.29) is 0 Å². The molecular weight excluding hydrogens is 316 g/mol. The van der Waals surface area contributed by atoms with Crippen LogP contribution in [0.3, 0.4) is 0 Å². The molecule has 0 saturated carbocycles. The summed E-state index contributed by atoms with van der Waals surface area (Å²) in [5.74, 6) is 1.47. The Morgan fingerprint density at radius 3 is 1.88 bits per heavy atom. The Balaban J connectivity index is 2.55. The lowest BCUT2D eigenvalue weighted by molar-refractivity contribution is 0.619. The molecule has 1 aliphatic carbocycles. The molecule has 138 valence electrons. The summed E-state index contributed by atoms with van der Waals surface area (Å²) in [6, 6.07) is 8.93. The van der Waals surface area contributed by atoms with Crippen LogP contribution in [0.2, 0.25) is 6.04 Å². The van der Waals surface area contributed by atoms with Crippen LogP contribution in [0.5, 0.6) is 0 Å². The molecule has 0 saturated heterocycles. The van der Waals surface area contributed by atoms with Gasteiger partial charge in [0.25, 0.3) is 0 Å². The van der Waals surface area contributed by atoms with E-state index in [4.69, 9.17) is 0 Å². The Kier molecular flexibility index (Phi) is 6.91. The Morgan fingerprint density at radius 2 is 1.48 bits per heavy atom. The van der Waals surface area contributed by atoms with Gasteiger partial charge in [0.05, 0.1) is 8.80 Å². The van der Waals surface area contributed by atoms with Crippen LogP contribution in [0, 0.1) is 11.8 Å². The van der Waals surface area contributed by atoms with Crippen LogP contribution in [-0.2, 0) is 12.8 Å². The molecule has 0 heterocycles. The van der Waals surface area contributed by atoms with Gasteiger partial charge in [0.1, 0.15) is 0 Å². The van der Waals surface area contributed by atoms with Crippen molar-refractivity contribution < 1.29 is 0 Å². The van der Waals surface area contributed by atoms with Crippen LogP contribution in [0.15, 0.2) is 40.1 Å². The summed E-state index contributed by atoms with van der Waals surface area (Å²) in [6.07, 6.45) is 3.59. The predicted molar refractivity (Wildman–Crippen MR) is 116 cm³/mol. The second-order valence-corrected chi connectivity index (χ2v) is 11.1. The maximum absolute atomic E-state index is 2.55. The molecule has 0 aliphatic heterocycles. The van der Waals surface area contributed by atoms with Crippen molar-refractivity contribution in [3.63, 3.8) is 0 Å². The molecule has 0 N–H and O–H groups in total. The Bertz CT molecular complexity index is 655. The molecule has 0 bridgehead atoms. The summed E-state index contributed by atoms with van der Waals surface area (Å²) in [7, 11) is -1.16. The summed E-state index contributed by atoms with van der Waals surface area (Å²) in [5.41, 5.74) is 7.84. The Labute approximate surface area is 158 Å². The fourth-order valence-corrected chi connectivity index (χ4v) is 8.82. The van der Waals surface area contributed by atoms with E-state index in [9.17, 15) is 0 Å². The lowest BCUT2D eigenvalue weighted by Crippen LogP contribution is -2.37. The van der Waals surface area contributed by atoms with Crippen molar-refractivity contribution in [2.75, 3.05) is 0 Å². The number of aryl methyl sites for hydroxylation is 2. The summed E-state index contributed by atoms with van der Waals surface area (Å²) in [5, 5.41) is 3.52. The molecular formula is C24H38Si. The van der Waals surface area contributed by atoms with E-state index in [1.54, 1.807) is 21.9 Å². The molecule has 1 aromatic carbocycles. The minimum absolute atomic E-state index is 0.649. The average molecular weight is 355 g/mol. The molecule has 2 rings (SSSR count). The summed E-state index contributed by atoms with van der Waals surface area (Å²) in [4.78, 5) is 0. The fraction of sp³-hybridized carbons (Fsp3) is 0.583. The fourth-order valence-electron chi connectivity index (χ4n) is 4.37. The van der Waals surface area contributed by atoms with Crippen LogP contribution in [0.25, 0.3) is 0 Å². The van der Waals surface area contributed by atoms with Crippen LogP contribution in [0.4, 0.5) is 0 Å². The third-order valence-electron chi connectivity index (χ3n) is 6.71. The summed E-state index contributed by atoms with van der Waals surface area (Å²) >= 11 is 0. The number of benzene rings is 1. The molecule has 1 heteroatoms. The van der Waals surface area contributed by atoms with Gasteiger partial charge in [0.15, 0.2) is 0 Å². The van der Waals surface area contributed by atoms with Crippen molar-refractivity contribution in [3.8, 4) is 0 Å². The van der Waals surface area contributed by atoms with Crippen LogP contribution >= 0.6 is 0 Å². The minimum Gasteiger partial charge on any atom is -0.0690 e. The van der Waals surface area contributed by atoms with Gasteiger partial charge in [-0.2, -0.15) is 0 Å². The normalized spacial score (nSPS) is 20.4. The van der Waals surface area contributed by atoms with Gasteiger partial charge in [-0.3, -0.25) is 0 Å². The molecule has 0 amide bonds. The van der Waals surface area contributed by atoms with Gasteiger partial charge in [-0.15, -0.1) is 0 Å². The van der Waals surface area contributed by atoms with Gasteiger partial charge < -0.3 is 0 Å². The van der Waals surface area contributed by atoms with Crippen LogP contribution < -0.4 is 5.19 Å². The van der Waals surface area contributed by atoms with E-state index >= 15 is 0 Å². The maximum Gasteiger partial charge on any atom is 0.0990 e. The van der Waals surface area contributed by atoms with Crippen molar-refractivity contribution in [2.45, 2.75) is 80.7 Å². The topological polar surface area (TPSA) is 0 Å². The highest BCUT2D eigenvalue weighted by atomic mass is 28.3. The first kappa shape index (κ1) is 20.2. The van der Waals surface area contributed by atoms with Crippen LogP contribution in [0.1, 0.15) is 72.9 Å². The standard InChI is InChI=1S/C24H38Si/c1-9-16(4)15-25(24-19(7)17(5)18(6)20(24)8)23-13-21(10-2)12-22(11-3)14-23/h12-14,16,19,25H,9-11,15H2,1-8H3. The molecule has 0 aromatic heterocycles. The van der Waals surface area contributed by atoms with E-state index in [0.29, 0.717) is 5.92 Å². The van der Waals surface area contributed by atoms with Crippen molar-refractivity contribution in [1.29, 1.82) is 0 Å². The zero-order valence-corrected chi connectivity index (χ0v) is 18.9. The smallest absolute Gasteiger partial charge is 0.0690 e. The monoisotopic (exact) mass is 354 g/mol. The highest BCUT2D eigenvalue weighted by Gasteiger charge is 2.32. The maximum atomic E-state index is 2.55. The number of allylic oxidation sites excluding steroid dienone is 4. The van der Waals surface area contributed by atoms with Crippen LogP contribution in [-0.4, -0.2) is 8.80 Å². The Morgan fingerprint density at radius 1 is 0.920 bits per heavy atom. The second kappa shape index (κ2) is 8.53. The Hall–Kier alpha value is -1.08. The molecule has 3 unspecified atom stereocenters. The van der Waals surface area contributed by atoms with Gasteiger partial charge in [-0.25, -0.2) is 0 Å². The van der Waals surface area contributed by atoms with Crippen molar-refractivity contribution >= 4 is 14.0 Å². The lowest BCUT2D eigenvalue weighted by atomic mass is 10.1.